The summed E-state index contributed by atoms with van der Waals surface area (Å²) >= 11 is 0. The summed E-state index contributed by atoms with van der Waals surface area (Å²) in [5, 5.41) is 1.86. The van der Waals surface area contributed by atoms with E-state index in [0.29, 0.717) is 5.84 Å². The lowest BCUT2D eigenvalue weighted by molar-refractivity contribution is 0.753. The Labute approximate surface area is 356 Å². The Kier molecular flexibility index (Phi) is 8.68. The highest BCUT2D eigenvalue weighted by molar-refractivity contribution is 6.01. The minimum Gasteiger partial charge on any atom is -0.383 e. The van der Waals surface area contributed by atoms with E-state index >= 15 is 0 Å². The van der Waals surface area contributed by atoms with Crippen LogP contribution in [0.3, 0.4) is 0 Å². The Morgan fingerprint density at radius 1 is 0.426 bits per heavy atom. The molecule has 0 fully saturated rings. The van der Waals surface area contributed by atoms with Gasteiger partial charge in [-0.3, -0.25) is 0 Å². The number of hydrogen-bond donors (Lipinski definition) is 1. The first kappa shape index (κ1) is 36.1. The highest BCUT2D eigenvalue weighted by atomic mass is 15.2. The molecule has 0 bridgehead atoms. The molecule has 0 aromatic heterocycles. The summed E-state index contributed by atoms with van der Waals surface area (Å²) in [6, 6.07) is 80.2. The molecule has 3 nitrogen and oxygen atoms in total. The number of nitrogens with zero attached hydrogens (tertiary/aromatic N) is 2. The number of aliphatic imine (C=N–C) groups is 1. The fourth-order valence-electron chi connectivity index (χ4n) is 9.67. The van der Waals surface area contributed by atoms with E-state index in [9.17, 15) is 0 Å². The SMILES string of the molecule is C=c1cccc/c1=C(/N=C(N)c1ccc(-c2cccc(-c3ccc4c(c3)C3(c5ccccc5-4)c4ccccc4N(c4ccccc4)c4ccccc43)c2)cc1)c1ccccc1. The van der Waals surface area contributed by atoms with Gasteiger partial charge in [-0.05, 0) is 97.3 Å². The highest BCUT2D eigenvalue weighted by Crippen LogP contribution is 2.63. The van der Waals surface area contributed by atoms with E-state index in [1.165, 1.54) is 50.3 Å². The maximum atomic E-state index is 6.75. The third-order valence-electron chi connectivity index (χ3n) is 12.4. The second-order valence-corrected chi connectivity index (χ2v) is 15.8. The molecule has 0 amide bonds. The number of anilines is 3. The zero-order valence-electron chi connectivity index (χ0n) is 33.5. The molecule has 288 valence electrons. The van der Waals surface area contributed by atoms with Gasteiger partial charge in [0.1, 0.15) is 5.84 Å². The minimum absolute atomic E-state index is 0.452. The van der Waals surface area contributed by atoms with Crippen LogP contribution in [0.4, 0.5) is 17.1 Å². The molecule has 2 N–H and O–H groups in total. The van der Waals surface area contributed by atoms with Crippen LogP contribution in [-0.2, 0) is 5.41 Å². The third-order valence-corrected chi connectivity index (χ3v) is 12.4. The summed E-state index contributed by atoms with van der Waals surface area (Å²) in [6.45, 7) is 4.27. The Hall–Kier alpha value is -8.01. The zero-order chi connectivity index (χ0) is 40.9. The number of nitrogens with two attached hydrogens (primary N) is 1. The monoisotopic (exact) mass is 779 g/mol. The van der Waals surface area contributed by atoms with E-state index in [0.717, 1.165) is 49.6 Å². The molecule has 1 aliphatic carbocycles. The van der Waals surface area contributed by atoms with Crippen LogP contribution in [0, 0.1) is 0 Å². The van der Waals surface area contributed by atoms with Crippen molar-refractivity contribution >= 4 is 35.2 Å². The van der Waals surface area contributed by atoms with Crippen molar-refractivity contribution < 1.29 is 0 Å². The maximum absolute atomic E-state index is 6.75. The van der Waals surface area contributed by atoms with Crippen LogP contribution in [0.1, 0.15) is 33.4 Å². The molecular formula is C58H41N3. The molecule has 9 aromatic carbocycles. The highest BCUT2D eigenvalue weighted by Gasteiger charge is 2.51. The van der Waals surface area contributed by atoms with Gasteiger partial charge in [0.15, 0.2) is 0 Å². The van der Waals surface area contributed by atoms with Crippen LogP contribution in [0.25, 0.3) is 45.7 Å². The second-order valence-electron chi connectivity index (χ2n) is 15.8. The van der Waals surface area contributed by atoms with Crippen molar-refractivity contribution in [1.82, 2.24) is 0 Å². The first-order chi connectivity index (χ1) is 30.1. The molecule has 1 aliphatic heterocycles. The molecule has 0 saturated carbocycles. The molecular weight excluding hydrogens is 739 g/mol. The lowest BCUT2D eigenvalue weighted by Gasteiger charge is -2.45. The standard InChI is InChI=1S/C58H41N3/c1-39-17-8-9-24-47(39)56(41-18-4-2-5-19-41)60-57(59)42-33-31-40(32-34-42)43-20-16-21-44(37-43)45-35-36-49-48-25-10-11-26-50(48)58(53(49)38-45)51-27-12-14-29-54(51)61(46-22-6-3-7-23-46)55-30-15-13-28-52(55)58/h2-38H,1H2,(H2,59,60)/b56-47-. The van der Waals surface area contributed by atoms with Crippen LogP contribution >= 0.6 is 0 Å². The number of hydrogen-bond acceptors (Lipinski definition) is 2. The number of para-hydroxylation sites is 3. The average Bonchev–Trinajstić information content (AvgIpc) is 3.62. The lowest BCUT2D eigenvalue weighted by atomic mass is 9.64. The van der Waals surface area contributed by atoms with E-state index in [4.69, 9.17) is 10.7 Å². The van der Waals surface area contributed by atoms with E-state index < -0.39 is 5.41 Å². The van der Waals surface area contributed by atoms with Gasteiger partial charge in [-0.25, -0.2) is 4.99 Å². The fourth-order valence-corrected chi connectivity index (χ4v) is 9.67. The molecule has 3 heteroatoms. The van der Waals surface area contributed by atoms with Gasteiger partial charge in [0.25, 0.3) is 0 Å². The Morgan fingerprint density at radius 3 is 1.67 bits per heavy atom. The maximum Gasteiger partial charge on any atom is 0.131 e. The van der Waals surface area contributed by atoms with Gasteiger partial charge in [-0.1, -0.05) is 195 Å². The summed E-state index contributed by atoms with van der Waals surface area (Å²) in [6.07, 6.45) is 0. The Morgan fingerprint density at radius 2 is 0.967 bits per heavy atom. The van der Waals surface area contributed by atoms with Gasteiger partial charge >= 0.3 is 0 Å². The van der Waals surface area contributed by atoms with Gasteiger partial charge in [-0.15, -0.1) is 0 Å². The van der Waals surface area contributed by atoms with Crippen molar-refractivity contribution in [3.05, 3.63) is 268 Å². The first-order valence-electron chi connectivity index (χ1n) is 20.8. The molecule has 0 unspecified atom stereocenters. The van der Waals surface area contributed by atoms with Gasteiger partial charge in [0.2, 0.25) is 0 Å². The van der Waals surface area contributed by atoms with Crippen molar-refractivity contribution in [3.8, 4) is 33.4 Å². The molecule has 61 heavy (non-hydrogen) atoms. The molecule has 11 rings (SSSR count). The normalized spacial score (nSPS) is 13.8. The zero-order valence-corrected chi connectivity index (χ0v) is 33.5. The predicted molar refractivity (Wildman–Crippen MR) is 254 cm³/mol. The van der Waals surface area contributed by atoms with E-state index in [-0.39, 0.29) is 0 Å². The van der Waals surface area contributed by atoms with Crippen molar-refractivity contribution in [2.45, 2.75) is 5.41 Å². The van der Waals surface area contributed by atoms with Gasteiger partial charge in [-0.2, -0.15) is 0 Å². The summed E-state index contributed by atoms with van der Waals surface area (Å²) in [5.41, 5.74) is 24.7. The first-order valence-corrected chi connectivity index (χ1v) is 20.8. The smallest absolute Gasteiger partial charge is 0.131 e. The quantitative estimate of drug-likeness (QED) is 0.135. The van der Waals surface area contributed by atoms with Crippen LogP contribution in [0.2, 0.25) is 0 Å². The number of fused-ring (bicyclic) bond motifs is 9. The van der Waals surface area contributed by atoms with Crippen LogP contribution in [0.15, 0.2) is 229 Å². The number of rotatable bonds is 6. The summed E-state index contributed by atoms with van der Waals surface area (Å²) in [4.78, 5) is 7.43. The topological polar surface area (TPSA) is 41.6 Å². The lowest BCUT2D eigenvalue weighted by Crippen LogP contribution is -2.36. The van der Waals surface area contributed by atoms with Crippen LogP contribution in [-0.4, -0.2) is 5.84 Å². The molecule has 2 aliphatic rings. The van der Waals surface area contributed by atoms with Crippen LogP contribution in [0.5, 0.6) is 0 Å². The van der Waals surface area contributed by atoms with Crippen LogP contribution < -0.4 is 21.1 Å². The van der Waals surface area contributed by atoms with E-state index in [1.807, 2.05) is 42.5 Å². The van der Waals surface area contributed by atoms with Crippen molar-refractivity contribution in [2.75, 3.05) is 4.90 Å². The fraction of sp³-hybridized carbons (Fsp3) is 0.0172. The van der Waals surface area contributed by atoms with E-state index in [1.54, 1.807) is 0 Å². The largest absolute Gasteiger partial charge is 0.383 e. The summed E-state index contributed by atoms with van der Waals surface area (Å²) in [5.74, 6) is 0.452. The second kappa shape index (κ2) is 14.7. The minimum atomic E-state index is -0.511. The van der Waals surface area contributed by atoms with Gasteiger partial charge in [0, 0.05) is 22.0 Å². The molecule has 1 spiro atoms. The van der Waals surface area contributed by atoms with E-state index in [2.05, 4.69) is 193 Å². The molecule has 9 aromatic rings. The van der Waals surface area contributed by atoms with Gasteiger partial charge < -0.3 is 10.6 Å². The Balaban J connectivity index is 1.00. The number of benzene rings is 9. The summed E-state index contributed by atoms with van der Waals surface area (Å²) in [7, 11) is 0. The van der Waals surface area contributed by atoms with Gasteiger partial charge in [0.05, 0.1) is 22.5 Å². The van der Waals surface area contributed by atoms with Crippen molar-refractivity contribution in [3.63, 3.8) is 0 Å². The molecule has 0 saturated heterocycles. The Bertz CT molecular complexity index is 3230. The average molecular weight is 780 g/mol. The molecule has 0 atom stereocenters. The third kappa shape index (κ3) is 5.85. The molecule has 1 heterocycles. The summed E-state index contributed by atoms with van der Waals surface area (Å²) < 4.78 is 0. The number of amidine groups is 1. The van der Waals surface area contributed by atoms with Crippen molar-refractivity contribution in [1.29, 1.82) is 0 Å². The van der Waals surface area contributed by atoms with Crippen molar-refractivity contribution in [2.24, 2.45) is 10.7 Å². The predicted octanol–water partition coefficient (Wildman–Crippen LogP) is 12.1. The molecule has 0 radical (unpaired) electrons.